The molecule has 7 nitrogen and oxygen atoms in total. The fourth-order valence-electron chi connectivity index (χ4n) is 2.61. The molecule has 8 heteroatoms. The summed E-state index contributed by atoms with van der Waals surface area (Å²) in [5.74, 6) is -0.115. The monoisotopic (exact) mass is 391 g/mol. The molecule has 2 rings (SSSR count). The molecule has 2 aromatic rings. The van der Waals surface area contributed by atoms with Gasteiger partial charge in [0.25, 0.3) is 4.92 Å². The van der Waals surface area contributed by atoms with Gasteiger partial charge in [-0.1, -0.05) is 36.4 Å². The van der Waals surface area contributed by atoms with E-state index in [0.29, 0.717) is 0 Å². The molecule has 0 amide bonds. The number of hydrogen-bond acceptors (Lipinski definition) is 5. The van der Waals surface area contributed by atoms with Crippen molar-refractivity contribution >= 4 is 21.5 Å². The van der Waals surface area contributed by atoms with Crippen molar-refractivity contribution in [3.8, 4) is 0 Å². The van der Waals surface area contributed by atoms with Crippen molar-refractivity contribution < 1.29 is 23.0 Å². The fraction of sp³-hybridized carbons (Fsp3) is 0.316. The third-order valence-electron chi connectivity index (χ3n) is 4.17. The van der Waals surface area contributed by atoms with E-state index in [0.717, 1.165) is 18.2 Å². The molecule has 0 N–H and O–H groups in total. The van der Waals surface area contributed by atoms with Gasteiger partial charge in [-0.15, -0.1) is 0 Å². The van der Waals surface area contributed by atoms with Crippen LogP contribution in [0.5, 0.6) is 0 Å². The second kappa shape index (κ2) is 8.88. The van der Waals surface area contributed by atoms with Crippen molar-refractivity contribution in [3.05, 3.63) is 64.6 Å². The number of nitrogens with zero attached hydrogens (tertiary/aromatic N) is 2. The lowest BCUT2D eigenvalue weighted by molar-refractivity contribution is -0.738. The second-order valence-corrected chi connectivity index (χ2v) is 8.03. The summed E-state index contributed by atoms with van der Waals surface area (Å²) in [6.07, 6.45) is 0.0820. The van der Waals surface area contributed by atoms with Crippen LogP contribution in [0.15, 0.2) is 53.4 Å². The minimum Gasteiger partial charge on any atom is -0.300 e. The van der Waals surface area contributed by atoms with Gasteiger partial charge >= 0.3 is 5.69 Å². The van der Waals surface area contributed by atoms with Gasteiger partial charge in [0.15, 0.2) is 12.0 Å². The molecule has 0 saturated heterocycles. The Hall–Kier alpha value is -2.58. The molecule has 144 valence electrons. The maximum atomic E-state index is 13.3. The van der Waals surface area contributed by atoms with Crippen LogP contribution in [0.3, 0.4) is 0 Å². The smallest absolute Gasteiger partial charge is 0.300 e. The zero-order chi connectivity index (χ0) is 20.0. The van der Waals surface area contributed by atoms with Gasteiger partial charge in [0, 0.05) is 25.6 Å². The lowest BCUT2D eigenvalue weighted by Gasteiger charge is -2.22. The highest BCUT2D eigenvalue weighted by atomic mass is 32.2. The molecule has 0 bridgehead atoms. The van der Waals surface area contributed by atoms with Gasteiger partial charge in [-0.25, -0.2) is 13.3 Å². The van der Waals surface area contributed by atoms with E-state index in [-0.39, 0.29) is 40.8 Å². The Morgan fingerprint density at radius 3 is 2.37 bits per heavy atom. The topological polar surface area (TPSA) is 83.8 Å². The summed E-state index contributed by atoms with van der Waals surface area (Å²) >= 11 is 0. The number of ketones is 1. The summed E-state index contributed by atoms with van der Waals surface area (Å²) in [5, 5.41) is 0. The SMILES string of the molecule is CO[N+](=O)c1ccccc1S(=O)(=O)N(CCC(C)=O)Cc1ccccc1C. The fourth-order valence-corrected chi connectivity index (χ4v) is 4.18. The molecule has 0 aliphatic heterocycles. The minimum absolute atomic E-state index is 0.0200. The zero-order valence-corrected chi connectivity index (χ0v) is 16.4. The standard InChI is InChI=1S/C19H23N2O5S/c1-15-8-4-5-9-17(15)14-20(13-12-16(2)22)27(24,25)19-11-7-6-10-18(19)21(23)26-3/h4-11H,12-14H2,1-3H3/q+1. The number of sulfonamides is 1. The molecule has 2 aromatic carbocycles. The van der Waals surface area contributed by atoms with Crippen LogP contribution in [0.1, 0.15) is 24.5 Å². The van der Waals surface area contributed by atoms with E-state index in [1.165, 1.54) is 29.4 Å². The zero-order valence-electron chi connectivity index (χ0n) is 15.6. The van der Waals surface area contributed by atoms with Crippen molar-refractivity contribution in [1.29, 1.82) is 0 Å². The van der Waals surface area contributed by atoms with Crippen LogP contribution in [-0.4, -0.2) is 37.1 Å². The average molecular weight is 391 g/mol. The number of carbonyl (C=O) groups excluding carboxylic acids is 1. The van der Waals surface area contributed by atoms with Gasteiger partial charge < -0.3 is 0 Å². The van der Waals surface area contributed by atoms with Gasteiger partial charge in [0.2, 0.25) is 10.0 Å². The second-order valence-electron chi connectivity index (χ2n) is 6.12. The highest BCUT2D eigenvalue weighted by Gasteiger charge is 2.34. The largest absolute Gasteiger partial charge is 0.336 e. The quantitative estimate of drug-likeness (QED) is 0.613. The summed E-state index contributed by atoms with van der Waals surface area (Å²) in [6.45, 7) is 3.43. The third kappa shape index (κ3) is 4.99. The Labute approximate surface area is 159 Å². The molecular formula is C19H23N2O5S+. The molecule has 0 fully saturated rings. The Morgan fingerprint density at radius 1 is 1.11 bits per heavy atom. The summed E-state index contributed by atoms with van der Waals surface area (Å²) in [6, 6.07) is 13.3. The van der Waals surface area contributed by atoms with Crippen molar-refractivity contribution in [2.45, 2.75) is 31.7 Å². The van der Waals surface area contributed by atoms with E-state index in [4.69, 9.17) is 0 Å². The number of aryl methyl sites for hydroxylation is 1. The van der Waals surface area contributed by atoms with E-state index in [2.05, 4.69) is 4.84 Å². The van der Waals surface area contributed by atoms with Crippen molar-refractivity contribution in [2.75, 3.05) is 13.7 Å². The van der Waals surface area contributed by atoms with Crippen LogP contribution in [-0.2, 0) is 26.2 Å². The van der Waals surface area contributed by atoms with Crippen LogP contribution >= 0.6 is 0 Å². The Bertz CT molecular complexity index is 941. The van der Waals surface area contributed by atoms with Gasteiger partial charge in [-0.2, -0.15) is 4.31 Å². The first-order valence-corrected chi connectivity index (χ1v) is 9.86. The van der Waals surface area contributed by atoms with Gasteiger partial charge in [-0.05, 0) is 31.0 Å². The van der Waals surface area contributed by atoms with E-state index in [9.17, 15) is 18.1 Å². The molecule has 0 heterocycles. The molecule has 0 spiro atoms. The predicted molar refractivity (Wildman–Crippen MR) is 101 cm³/mol. The first-order chi connectivity index (χ1) is 12.8. The number of Topliss-reactive ketones (excluding diaryl/α,β-unsaturated/α-hetero) is 1. The number of para-hydroxylation sites is 1. The molecule has 27 heavy (non-hydrogen) atoms. The number of benzene rings is 2. The molecule has 0 atom stereocenters. The molecule has 0 aromatic heterocycles. The predicted octanol–water partition coefficient (Wildman–Crippen LogP) is 3.14. The molecule has 0 unspecified atom stereocenters. The van der Waals surface area contributed by atoms with Crippen LogP contribution in [0.4, 0.5) is 5.69 Å². The van der Waals surface area contributed by atoms with Crippen molar-refractivity contribution in [2.24, 2.45) is 0 Å². The normalized spacial score (nSPS) is 11.4. The number of carbonyl (C=O) groups is 1. The van der Waals surface area contributed by atoms with Crippen LogP contribution in [0, 0.1) is 11.8 Å². The Morgan fingerprint density at radius 2 is 1.74 bits per heavy atom. The summed E-state index contributed by atoms with van der Waals surface area (Å²) in [7, 11) is -2.87. The van der Waals surface area contributed by atoms with E-state index >= 15 is 0 Å². The summed E-state index contributed by atoms with van der Waals surface area (Å²) in [4.78, 5) is 28.0. The molecule has 0 radical (unpaired) electrons. The number of hydrogen-bond donors (Lipinski definition) is 0. The highest BCUT2D eigenvalue weighted by Crippen LogP contribution is 2.28. The number of rotatable bonds is 9. The molecule has 0 saturated carbocycles. The molecular weight excluding hydrogens is 368 g/mol. The van der Waals surface area contributed by atoms with Crippen molar-refractivity contribution in [3.63, 3.8) is 0 Å². The van der Waals surface area contributed by atoms with E-state index in [1.54, 1.807) is 6.07 Å². The third-order valence-corrected chi connectivity index (χ3v) is 6.06. The van der Waals surface area contributed by atoms with Gasteiger partial charge in [0.1, 0.15) is 5.78 Å². The lowest BCUT2D eigenvalue weighted by Crippen LogP contribution is -2.33. The first kappa shape index (κ1) is 20.7. The highest BCUT2D eigenvalue weighted by molar-refractivity contribution is 7.89. The lowest BCUT2D eigenvalue weighted by atomic mass is 10.1. The average Bonchev–Trinajstić information content (AvgIpc) is 2.65. The van der Waals surface area contributed by atoms with Crippen molar-refractivity contribution in [1.82, 2.24) is 4.31 Å². The Kier molecular flexibility index (Phi) is 6.81. The van der Waals surface area contributed by atoms with E-state index < -0.39 is 10.0 Å². The van der Waals surface area contributed by atoms with Gasteiger partial charge in [-0.3, -0.25) is 4.79 Å². The van der Waals surface area contributed by atoms with E-state index in [1.807, 2.05) is 31.2 Å². The molecule has 0 aliphatic rings. The summed E-state index contributed by atoms with van der Waals surface area (Å²) < 4.78 is 27.8. The maximum absolute atomic E-state index is 13.3. The van der Waals surface area contributed by atoms with Crippen LogP contribution in [0.2, 0.25) is 0 Å². The Balaban J connectivity index is 2.49. The maximum Gasteiger partial charge on any atom is 0.336 e. The van der Waals surface area contributed by atoms with Crippen LogP contribution in [0.25, 0.3) is 0 Å². The van der Waals surface area contributed by atoms with Crippen LogP contribution < -0.4 is 0 Å². The molecule has 0 aliphatic carbocycles. The first-order valence-electron chi connectivity index (χ1n) is 8.42. The minimum atomic E-state index is -4.04. The summed E-state index contributed by atoms with van der Waals surface area (Å²) in [5.41, 5.74) is 1.65. The van der Waals surface area contributed by atoms with Gasteiger partial charge in [0.05, 0.1) is 4.91 Å².